The van der Waals surface area contributed by atoms with E-state index in [-0.39, 0.29) is 79.4 Å². The SMILES string of the molecule is CO[C@@H]1C[C@H](C[C@@H](C)[C@@H]2CC(=O)[C@H](C)/C=C(\C)[C@@H](O)[C@@H](OC)C(=O)[C@H](C)C[C@H](C)/C=C\C=C\C=C(C)[C@@H](CC(=O)c3ccccc3)C[C@@H]3CC[C@@H](C)[C@@](O)(O3)C(=O)C(=O)N3CCCC[C@H]3C(=O)O2)CC[C@H]1O. The Morgan fingerprint density at radius 1 is 0.861 bits per heavy atom. The second-order valence-electron chi connectivity index (χ2n) is 21.6. The first-order chi connectivity index (χ1) is 34.2. The molecule has 3 fully saturated rings. The summed E-state index contributed by atoms with van der Waals surface area (Å²) in [5, 5.41) is 34.2. The fourth-order valence-corrected chi connectivity index (χ4v) is 11.2. The van der Waals surface area contributed by atoms with Gasteiger partial charge in [0.05, 0.1) is 18.3 Å². The number of aliphatic hydroxyl groups excluding tert-OH is 2. The van der Waals surface area contributed by atoms with E-state index in [0.717, 1.165) is 5.57 Å². The molecule has 72 heavy (non-hydrogen) atoms. The molecule has 0 radical (unpaired) electrons. The van der Waals surface area contributed by atoms with Crippen LogP contribution in [0, 0.1) is 41.4 Å². The first-order valence-corrected chi connectivity index (χ1v) is 26.4. The highest BCUT2D eigenvalue weighted by molar-refractivity contribution is 6.39. The van der Waals surface area contributed by atoms with Gasteiger partial charge in [-0.1, -0.05) is 107 Å². The van der Waals surface area contributed by atoms with Gasteiger partial charge in [-0.15, -0.1) is 0 Å². The number of fused-ring (bicyclic) bond motifs is 3. The number of carbonyl (C=O) groups excluding carboxylic acids is 6. The van der Waals surface area contributed by atoms with Crippen molar-refractivity contribution in [2.75, 3.05) is 20.8 Å². The Kier molecular flexibility index (Phi) is 22.1. The summed E-state index contributed by atoms with van der Waals surface area (Å²) in [6.07, 6.45) is 11.2. The Labute approximate surface area is 427 Å². The van der Waals surface area contributed by atoms with E-state index in [0.29, 0.717) is 68.9 Å². The first-order valence-electron chi connectivity index (χ1n) is 26.4. The maximum atomic E-state index is 14.5. The number of ketones is 4. The number of carbonyl (C=O) groups is 6. The van der Waals surface area contributed by atoms with Crippen LogP contribution in [0.3, 0.4) is 0 Å². The second-order valence-corrected chi connectivity index (χ2v) is 21.6. The number of hydrogen-bond acceptors (Lipinski definition) is 13. The van der Waals surface area contributed by atoms with Gasteiger partial charge in [-0.25, -0.2) is 4.79 Å². The van der Waals surface area contributed by atoms with Crippen LogP contribution in [0.1, 0.15) is 142 Å². The highest BCUT2D eigenvalue weighted by atomic mass is 16.6. The van der Waals surface area contributed by atoms with Crippen LogP contribution < -0.4 is 0 Å². The third kappa shape index (κ3) is 15.3. The number of aliphatic hydroxyl groups is 3. The standard InChI is InChI=1S/C58H83NO13/c1-35-18-12-10-13-19-36(2)44(33-49(62)43-20-14-11-15-21-43)32-45-25-23-41(7)58(68,72-45)55(65)56(66)59-27-17-16-22-46(59)57(67)71-50(38(4)30-42-24-26-47(60)51(31-42)69-8)34-48(61)37(3)29-40(6)53(64)54(70-9)52(63)39(5)28-35/h10-15,18-21,29,35,37-39,41-42,44-47,50-51,53-54,60,64,68H,16-17,22-28,30-34H2,1-9H3/b13-10+,18-12-,36-19?,40-29+/t35-,37-,38-,39-,41-,42+,44-,45+,46+,47-,50+,51-,53-,54+,58-/m1/s1. The van der Waals surface area contributed by atoms with Gasteiger partial charge in [0.25, 0.3) is 11.7 Å². The van der Waals surface area contributed by atoms with Gasteiger partial charge < -0.3 is 39.2 Å². The fraction of sp³-hybridized carbons (Fsp3) is 0.655. The van der Waals surface area contributed by atoms with Crippen molar-refractivity contribution in [2.45, 2.75) is 180 Å². The monoisotopic (exact) mass is 1000 g/mol. The van der Waals surface area contributed by atoms with Crippen molar-refractivity contribution in [1.82, 2.24) is 4.90 Å². The summed E-state index contributed by atoms with van der Waals surface area (Å²) < 4.78 is 23.8. The molecular weight excluding hydrogens is 919 g/mol. The molecule has 0 spiro atoms. The second kappa shape index (κ2) is 27.2. The van der Waals surface area contributed by atoms with E-state index < -0.39 is 77.8 Å². The van der Waals surface area contributed by atoms with Crippen molar-refractivity contribution in [3.8, 4) is 0 Å². The number of methoxy groups -OCH3 is 2. The van der Waals surface area contributed by atoms with Gasteiger partial charge in [-0.3, -0.25) is 24.0 Å². The van der Waals surface area contributed by atoms with E-state index in [1.807, 2.05) is 57.2 Å². The summed E-state index contributed by atoms with van der Waals surface area (Å²) in [6.45, 7) is 12.7. The smallest absolute Gasteiger partial charge is 0.329 e. The molecule has 1 aromatic carbocycles. The molecule has 3 N–H and O–H groups in total. The Morgan fingerprint density at radius 3 is 2.28 bits per heavy atom. The topological polar surface area (TPSA) is 203 Å². The molecule has 2 bridgehead atoms. The summed E-state index contributed by atoms with van der Waals surface area (Å²) in [5.41, 5.74) is 1.80. The minimum absolute atomic E-state index is 0.0228. The lowest BCUT2D eigenvalue weighted by molar-refractivity contribution is -0.264. The molecule has 398 valence electrons. The third-order valence-electron chi connectivity index (χ3n) is 15.9. The lowest BCUT2D eigenvalue weighted by Gasteiger charge is -2.43. The first kappa shape index (κ1) is 58.4. The molecule has 0 aromatic heterocycles. The number of ether oxygens (including phenoxy) is 4. The van der Waals surface area contributed by atoms with Gasteiger partial charge in [-0.2, -0.15) is 0 Å². The number of piperidine rings is 1. The van der Waals surface area contributed by atoms with Crippen LogP contribution in [0.5, 0.6) is 0 Å². The quantitative estimate of drug-likeness (QED) is 0.0978. The number of benzene rings is 1. The maximum absolute atomic E-state index is 14.5. The van der Waals surface area contributed by atoms with Crippen molar-refractivity contribution in [2.24, 2.45) is 41.4 Å². The van der Waals surface area contributed by atoms with E-state index >= 15 is 0 Å². The minimum atomic E-state index is -2.50. The zero-order valence-electron chi connectivity index (χ0n) is 44.2. The number of amides is 1. The van der Waals surface area contributed by atoms with Gasteiger partial charge in [-0.05, 0) is 114 Å². The number of cyclic esters (lactones) is 1. The molecule has 3 aliphatic heterocycles. The minimum Gasteiger partial charge on any atom is -0.460 e. The number of esters is 1. The number of nitrogens with zero attached hydrogens (tertiary/aromatic N) is 1. The normalized spacial score (nSPS) is 36.8. The molecule has 15 atom stereocenters. The van der Waals surface area contributed by atoms with E-state index in [9.17, 15) is 44.1 Å². The summed E-state index contributed by atoms with van der Waals surface area (Å²) >= 11 is 0. The lowest BCUT2D eigenvalue weighted by Crippen LogP contribution is -2.60. The van der Waals surface area contributed by atoms with E-state index in [1.54, 1.807) is 65.1 Å². The van der Waals surface area contributed by atoms with Crippen LogP contribution in [0.25, 0.3) is 0 Å². The Hall–Kier alpha value is -4.44. The third-order valence-corrected chi connectivity index (χ3v) is 15.9. The summed E-state index contributed by atoms with van der Waals surface area (Å²) in [6, 6.07) is 7.80. The molecule has 1 amide bonds. The predicted molar refractivity (Wildman–Crippen MR) is 273 cm³/mol. The van der Waals surface area contributed by atoms with Crippen LogP contribution in [0.15, 0.2) is 77.9 Å². The maximum Gasteiger partial charge on any atom is 0.329 e. The molecule has 1 saturated carbocycles. The molecule has 2 saturated heterocycles. The molecule has 14 nitrogen and oxygen atoms in total. The predicted octanol–water partition coefficient (Wildman–Crippen LogP) is 8.05. The molecule has 4 aliphatic rings. The van der Waals surface area contributed by atoms with Gasteiger partial charge in [0, 0.05) is 56.9 Å². The van der Waals surface area contributed by atoms with Gasteiger partial charge >= 0.3 is 5.97 Å². The zero-order valence-corrected chi connectivity index (χ0v) is 44.2. The van der Waals surface area contributed by atoms with E-state index in [2.05, 4.69) is 0 Å². The van der Waals surface area contributed by atoms with Crippen LogP contribution >= 0.6 is 0 Å². The van der Waals surface area contributed by atoms with Crippen LogP contribution in [0.4, 0.5) is 0 Å². The number of hydrogen-bond donors (Lipinski definition) is 3. The van der Waals surface area contributed by atoms with Gasteiger partial charge in [0.15, 0.2) is 11.6 Å². The summed E-state index contributed by atoms with van der Waals surface area (Å²) in [7, 11) is 2.93. The molecule has 1 aliphatic carbocycles. The van der Waals surface area contributed by atoms with Crippen molar-refractivity contribution < 1.29 is 63.0 Å². The van der Waals surface area contributed by atoms with Crippen LogP contribution in [0.2, 0.25) is 0 Å². The number of rotatable bonds is 8. The number of Topliss-reactive ketones (excluding diaryl/α,β-unsaturated/α-hetero) is 4. The number of allylic oxidation sites excluding steroid dienone is 7. The highest BCUT2D eigenvalue weighted by Crippen LogP contribution is 2.39. The van der Waals surface area contributed by atoms with Crippen molar-refractivity contribution in [3.05, 3.63) is 83.5 Å². The largest absolute Gasteiger partial charge is 0.460 e. The van der Waals surface area contributed by atoms with E-state index in [4.69, 9.17) is 18.9 Å². The highest BCUT2D eigenvalue weighted by Gasteiger charge is 2.53. The average Bonchev–Trinajstić information content (AvgIpc) is 3.36. The van der Waals surface area contributed by atoms with E-state index in [1.165, 1.54) is 12.0 Å². The molecule has 3 heterocycles. The van der Waals surface area contributed by atoms with Crippen molar-refractivity contribution in [1.29, 1.82) is 0 Å². The molecule has 1 aromatic rings. The van der Waals surface area contributed by atoms with Gasteiger partial charge in [0.1, 0.15) is 30.1 Å². The molecule has 0 unspecified atom stereocenters. The Morgan fingerprint density at radius 2 is 1.58 bits per heavy atom. The Balaban J connectivity index is 1.50. The Bertz CT molecular complexity index is 2150. The van der Waals surface area contributed by atoms with Crippen LogP contribution in [-0.4, -0.2) is 124 Å². The lowest BCUT2D eigenvalue weighted by atomic mass is 9.78. The summed E-state index contributed by atoms with van der Waals surface area (Å²) in [4.78, 5) is 86.3. The van der Waals surface area contributed by atoms with Gasteiger partial charge in [0.2, 0.25) is 5.79 Å². The fourth-order valence-electron chi connectivity index (χ4n) is 11.2. The average molecular weight is 1000 g/mol. The van der Waals surface area contributed by atoms with Crippen molar-refractivity contribution in [3.63, 3.8) is 0 Å². The summed E-state index contributed by atoms with van der Waals surface area (Å²) in [5.74, 6) is -8.78. The van der Waals surface area contributed by atoms with Crippen LogP contribution in [-0.2, 0) is 42.9 Å². The van der Waals surface area contributed by atoms with Crippen molar-refractivity contribution >= 4 is 35.0 Å². The molecule has 14 heteroatoms. The molecular formula is C58H83NO13. The molecule has 5 rings (SSSR count). The zero-order chi connectivity index (χ0) is 52.9.